The van der Waals surface area contributed by atoms with Gasteiger partial charge in [-0.05, 0) is 36.5 Å². The highest BCUT2D eigenvalue weighted by Crippen LogP contribution is 2.34. The highest BCUT2D eigenvalue weighted by atomic mass is 32.2. The van der Waals surface area contributed by atoms with E-state index in [1.807, 2.05) is 24.3 Å². The summed E-state index contributed by atoms with van der Waals surface area (Å²) in [6.07, 6.45) is 3.43. The Morgan fingerprint density at radius 1 is 1.21 bits per heavy atom. The van der Waals surface area contributed by atoms with Gasteiger partial charge in [0.15, 0.2) is 15.0 Å². The van der Waals surface area contributed by atoms with Crippen molar-refractivity contribution in [2.24, 2.45) is 16.8 Å². The maximum Gasteiger partial charge on any atom is 0.251 e. The Labute approximate surface area is 170 Å². The number of thioether (sulfide) groups is 1. The van der Waals surface area contributed by atoms with E-state index >= 15 is 0 Å². The Bertz CT molecular complexity index is 900. The van der Waals surface area contributed by atoms with Crippen molar-refractivity contribution in [1.82, 2.24) is 5.32 Å². The van der Waals surface area contributed by atoms with Crippen LogP contribution in [0.5, 0.6) is 0 Å². The second kappa shape index (κ2) is 7.71. The fraction of sp³-hybridized carbons (Fsp3) is 0.600. The van der Waals surface area contributed by atoms with Crippen LogP contribution >= 0.6 is 11.8 Å². The number of aliphatic imine (C=N–C) groups is 1. The number of benzene rings is 1. The fourth-order valence-electron chi connectivity index (χ4n) is 4.32. The third-order valence-corrected chi connectivity index (χ3v) is 9.36. The number of hydrogen-bond acceptors (Lipinski definition) is 6. The molecular formula is C20H27N3O3S2. The predicted octanol–water partition coefficient (Wildman–Crippen LogP) is 2.92. The molecule has 1 aliphatic carbocycles. The lowest BCUT2D eigenvalue weighted by Gasteiger charge is -2.34. The van der Waals surface area contributed by atoms with Gasteiger partial charge in [0.2, 0.25) is 0 Å². The van der Waals surface area contributed by atoms with Gasteiger partial charge in [0.1, 0.15) is 0 Å². The fourth-order valence-corrected chi connectivity index (χ4v) is 7.99. The van der Waals surface area contributed by atoms with Crippen molar-refractivity contribution in [2.75, 3.05) is 16.8 Å². The molecular weight excluding hydrogens is 394 g/mol. The molecule has 5 atom stereocenters. The van der Waals surface area contributed by atoms with Gasteiger partial charge in [0.25, 0.3) is 5.91 Å². The summed E-state index contributed by atoms with van der Waals surface area (Å²) in [4.78, 5) is 17.3. The van der Waals surface area contributed by atoms with Gasteiger partial charge >= 0.3 is 0 Å². The van der Waals surface area contributed by atoms with Crippen LogP contribution in [-0.2, 0) is 9.84 Å². The number of anilines is 1. The number of amidine groups is 1. The third kappa shape index (κ3) is 4.22. The third-order valence-electron chi connectivity index (χ3n) is 6.22. The molecule has 1 aromatic carbocycles. The van der Waals surface area contributed by atoms with Gasteiger partial charge in [-0.1, -0.05) is 44.5 Å². The molecule has 4 rings (SSSR count). The van der Waals surface area contributed by atoms with E-state index < -0.39 is 9.84 Å². The van der Waals surface area contributed by atoms with E-state index in [9.17, 15) is 13.2 Å². The molecule has 152 valence electrons. The highest BCUT2D eigenvalue weighted by molar-refractivity contribution is 8.15. The summed E-state index contributed by atoms with van der Waals surface area (Å²) in [6, 6.07) is 7.48. The molecule has 8 heteroatoms. The largest absolute Gasteiger partial charge is 0.349 e. The van der Waals surface area contributed by atoms with Crippen LogP contribution in [-0.4, -0.2) is 48.3 Å². The molecule has 1 saturated heterocycles. The molecule has 6 nitrogen and oxygen atoms in total. The zero-order valence-corrected chi connectivity index (χ0v) is 17.9. The summed E-state index contributed by atoms with van der Waals surface area (Å²) < 4.78 is 23.4. The van der Waals surface area contributed by atoms with Gasteiger partial charge in [-0.25, -0.2) is 8.42 Å². The SMILES string of the molecule is C[C@@H]1[C@H](C)CCC[C@@H]1NC(=O)c1cccc(NC2=N[C@@H]3CS(=O)(=O)C[C@H]3S2)c1. The van der Waals surface area contributed by atoms with E-state index in [0.29, 0.717) is 17.4 Å². The second-order valence-electron chi connectivity index (χ2n) is 8.29. The minimum absolute atomic E-state index is 0.00811. The minimum Gasteiger partial charge on any atom is -0.349 e. The first-order valence-electron chi connectivity index (χ1n) is 9.93. The first-order valence-corrected chi connectivity index (χ1v) is 12.6. The zero-order chi connectivity index (χ0) is 19.9. The molecule has 2 fully saturated rings. The average Bonchev–Trinajstić information content (AvgIpc) is 3.11. The lowest BCUT2D eigenvalue weighted by Crippen LogP contribution is -2.43. The molecule has 0 unspecified atom stereocenters. The number of nitrogens with one attached hydrogen (secondary N) is 2. The maximum atomic E-state index is 12.7. The highest BCUT2D eigenvalue weighted by Gasteiger charge is 2.42. The molecule has 2 N–H and O–H groups in total. The molecule has 0 radical (unpaired) electrons. The van der Waals surface area contributed by atoms with Gasteiger partial charge in [0.05, 0.1) is 17.5 Å². The summed E-state index contributed by atoms with van der Waals surface area (Å²) in [7, 11) is -2.95. The van der Waals surface area contributed by atoms with Crippen LogP contribution < -0.4 is 10.6 Å². The van der Waals surface area contributed by atoms with Gasteiger partial charge < -0.3 is 10.6 Å². The molecule has 1 aromatic rings. The molecule has 3 aliphatic rings. The lowest BCUT2D eigenvalue weighted by molar-refractivity contribution is 0.0891. The monoisotopic (exact) mass is 421 g/mol. The van der Waals surface area contributed by atoms with E-state index in [1.165, 1.54) is 18.2 Å². The topological polar surface area (TPSA) is 87.6 Å². The van der Waals surface area contributed by atoms with Crippen LogP contribution in [0, 0.1) is 11.8 Å². The number of carbonyl (C=O) groups excluding carboxylic acids is 1. The molecule has 2 aliphatic heterocycles. The lowest BCUT2D eigenvalue weighted by atomic mass is 9.78. The second-order valence-corrected chi connectivity index (χ2v) is 11.7. The first-order chi connectivity index (χ1) is 13.3. The maximum absolute atomic E-state index is 12.7. The molecule has 0 spiro atoms. The Morgan fingerprint density at radius 2 is 2.04 bits per heavy atom. The Morgan fingerprint density at radius 3 is 2.82 bits per heavy atom. The van der Waals surface area contributed by atoms with Crippen molar-refractivity contribution in [2.45, 2.75) is 50.4 Å². The van der Waals surface area contributed by atoms with Crippen LogP contribution in [0.3, 0.4) is 0 Å². The zero-order valence-electron chi connectivity index (χ0n) is 16.2. The van der Waals surface area contributed by atoms with Crippen LogP contribution in [0.1, 0.15) is 43.5 Å². The predicted molar refractivity (Wildman–Crippen MR) is 115 cm³/mol. The molecule has 28 heavy (non-hydrogen) atoms. The van der Waals surface area contributed by atoms with Gasteiger partial charge in [-0.15, -0.1) is 0 Å². The standard InChI is InChI=1S/C20H27N3O3S2/c1-12-5-3-8-16(13(12)2)22-19(24)14-6-4-7-15(9-14)21-20-23-17-10-28(25,26)11-18(17)27-20/h4,6-7,9,12-13,16-18H,3,5,8,10-11H2,1-2H3,(H,21,23)(H,22,24)/t12-,13-,16+,17-,18-/m1/s1. The smallest absolute Gasteiger partial charge is 0.251 e. The normalized spacial score (nSPS) is 33.8. The number of rotatable bonds is 3. The minimum atomic E-state index is -2.95. The quantitative estimate of drug-likeness (QED) is 0.784. The summed E-state index contributed by atoms with van der Waals surface area (Å²) in [5.41, 5.74) is 1.42. The number of nitrogens with zero attached hydrogens (tertiary/aromatic N) is 1. The van der Waals surface area contributed by atoms with Gasteiger partial charge in [-0.3, -0.25) is 9.79 Å². The Kier molecular flexibility index (Phi) is 5.44. The molecule has 0 bridgehead atoms. The van der Waals surface area contributed by atoms with E-state index in [2.05, 4.69) is 29.5 Å². The van der Waals surface area contributed by atoms with Crippen molar-refractivity contribution in [3.63, 3.8) is 0 Å². The van der Waals surface area contributed by atoms with Gasteiger partial charge in [0, 0.05) is 22.5 Å². The molecule has 2 heterocycles. The van der Waals surface area contributed by atoms with Crippen LogP contribution in [0.15, 0.2) is 29.3 Å². The van der Waals surface area contributed by atoms with E-state index in [0.717, 1.165) is 23.7 Å². The van der Waals surface area contributed by atoms with E-state index in [4.69, 9.17) is 0 Å². The summed E-state index contributed by atoms with van der Waals surface area (Å²) in [5.74, 6) is 1.40. The number of amides is 1. The van der Waals surface area contributed by atoms with Crippen molar-refractivity contribution in [3.05, 3.63) is 29.8 Å². The van der Waals surface area contributed by atoms with E-state index in [-0.39, 0.29) is 34.7 Å². The van der Waals surface area contributed by atoms with Crippen molar-refractivity contribution < 1.29 is 13.2 Å². The number of hydrogen-bond donors (Lipinski definition) is 2. The van der Waals surface area contributed by atoms with Crippen molar-refractivity contribution in [3.8, 4) is 0 Å². The van der Waals surface area contributed by atoms with Crippen LogP contribution in [0.4, 0.5) is 5.69 Å². The summed E-state index contributed by atoms with van der Waals surface area (Å²) >= 11 is 1.48. The number of fused-ring (bicyclic) bond motifs is 1. The number of carbonyl (C=O) groups is 1. The average molecular weight is 422 g/mol. The number of sulfone groups is 1. The van der Waals surface area contributed by atoms with Gasteiger partial charge in [-0.2, -0.15) is 0 Å². The van der Waals surface area contributed by atoms with Crippen molar-refractivity contribution >= 4 is 38.4 Å². The molecule has 0 aromatic heterocycles. The summed E-state index contributed by atoms with van der Waals surface area (Å²) in [5, 5.41) is 7.20. The van der Waals surface area contributed by atoms with Crippen molar-refractivity contribution in [1.29, 1.82) is 0 Å². The van der Waals surface area contributed by atoms with E-state index in [1.54, 1.807) is 0 Å². The summed E-state index contributed by atoms with van der Waals surface area (Å²) in [6.45, 7) is 4.48. The molecule has 1 amide bonds. The van der Waals surface area contributed by atoms with Crippen LogP contribution in [0.25, 0.3) is 0 Å². The molecule has 1 saturated carbocycles. The Hall–Kier alpha value is -1.54. The Balaban J connectivity index is 1.40. The van der Waals surface area contributed by atoms with Crippen LogP contribution in [0.2, 0.25) is 0 Å². The first kappa shape index (κ1) is 19.8.